The second-order valence-electron chi connectivity index (χ2n) is 6.88. The summed E-state index contributed by atoms with van der Waals surface area (Å²) in [7, 11) is 1.69. The number of benzene rings is 2. The lowest BCUT2D eigenvalue weighted by Gasteiger charge is -2.20. The summed E-state index contributed by atoms with van der Waals surface area (Å²) in [6, 6.07) is 15.0. The molecule has 2 aromatic carbocycles. The third kappa shape index (κ3) is 6.40. The van der Waals surface area contributed by atoms with Gasteiger partial charge in [-0.05, 0) is 23.3 Å². The number of hydrogen-bond donors (Lipinski definition) is 2. The number of methoxy groups -OCH3 is 1. The number of guanidine groups is 1. The van der Waals surface area contributed by atoms with Crippen molar-refractivity contribution in [3.63, 3.8) is 0 Å². The number of nitrogens with zero attached hydrogens (tertiary/aromatic N) is 4. The van der Waals surface area contributed by atoms with E-state index in [1.807, 2.05) is 0 Å². The second kappa shape index (κ2) is 12.5. The Bertz CT molecular complexity index is 937. The number of hydrogen-bond acceptors (Lipinski definition) is 4. The Morgan fingerprint density at radius 3 is 2.80 bits per heavy atom. The maximum absolute atomic E-state index is 5.15. The van der Waals surface area contributed by atoms with Gasteiger partial charge in [-0.3, -0.25) is 4.99 Å². The fraction of sp³-hybridized carbons (Fsp3) is 0.409. The summed E-state index contributed by atoms with van der Waals surface area (Å²) in [5.41, 5.74) is 1.25. The molecule has 0 spiro atoms. The normalized spacial score (nSPS) is 12.4. The quantitative estimate of drug-likeness (QED) is 0.195. The number of aliphatic imine (C=N–C) groups is 1. The van der Waals surface area contributed by atoms with Gasteiger partial charge < -0.3 is 19.9 Å². The molecule has 1 atom stereocenters. The molecule has 3 aromatic rings. The van der Waals surface area contributed by atoms with Crippen LogP contribution in [-0.4, -0.2) is 47.5 Å². The maximum Gasteiger partial charge on any atom is 0.191 e. The largest absolute Gasteiger partial charge is 0.383 e. The van der Waals surface area contributed by atoms with Gasteiger partial charge >= 0.3 is 0 Å². The number of nitrogens with one attached hydrogen (secondary N) is 2. The van der Waals surface area contributed by atoms with Gasteiger partial charge in [0.25, 0.3) is 0 Å². The molecule has 7 nitrogen and oxygen atoms in total. The summed E-state index contributed by atoms with van der Waals surface area (Å²) in [6.07, 6.45) is 2.64. The topological polar surface area (TPSA) is 76.4 Å². The SMILES string of the molecule is CCc1nncn1CCNC(=NCCOC)NC(C)c1cccc2ccccc12.I. The summed E-state index contributed by atoms with van der Waals surface area (Å²) >= 11 is 0. The first-order chi connectivity index (χ1) is 14.2. The van der Waals surface area contributed by atoms with E-state index in [1.165, 1.54) is 16.3 Å². The van der Waals surface area contributed by atoms with E-state index in [2.05, 4.69) is 86.7 Å². The molecule has 0 saturated carbocycles. The molecule has 0 amide bonds. The highest BCUT2D eigenvalue weighted by molar-refractivity contribution is 14.0. The van der Waals surface area contributed by atoms with E-state index in [4.69, 9.17) is 4.74 Å². The van der Waals surface area contributed by atoms with Gasteiger partial charge in [0.15, 0.2) is 5.96 Å². The lowest BCUT2D eigenvalue weighted by molar-refractivity contribution is 0.208. The first-order valence-corrected chi connectivity index (χ1v) is 10.1. The van der Waals surface area contributed by atoms with Crippen molar-refractivity contribution >= 4 is 40.7 Å². The molecule has 1 aromatic heterocycles. The zero-order valence-electron chi connectivity index (χ0n) is 17.8. The summed E-state index contributed by atoms with van der Waals surface area (Å²) in [4.78, 5) is 4.65. The molecule has 162 valence electrons. The van der Waals surface area contributed by atoms with Gasteiger partial charge in [0.2, 0.25) is 0 Å². The van der Waals surface area contributed by atoms with Crippen molar-refractivity contribution in [1.29, 1.82) is 0 Å². The molecule has 0 bridgehead atoms. The molecule has 0 aliphatic heterocycles. The van der Waals surface area contributed by atoms with Crippen LogP contribution >= 0.6 is 24.0 Å². The first kappa shape index (κ1) is 24.1. The first-order valence-electron chi connectivity index (χ1n) is 10.1. The number of rotatable bonds is 9. The van der Waals surface area contributed by atoms with Crippen LogP contribution in [-0.2, 0) is 17.7 Å². The molecular weight excluding hydrogens is 491 g/mol. The molecule has 0 aliphatic carbocycles. The van der Waals surface area contributed by atoms with Crippen molar-refractivity contribution < 1.29 is 4.74 Å². The number of ether oxygens (including phenoxy) is 1. The minimum Gasteiger partial charge on any atom is -0.383 e. The van der Waals surface area contributed by atoms with E-state index in [-0.39, 0.29) is 30.0 Å². The van der Waals surface area contributed by atoms with Crippen LogP contribution in [0.15, 0.2) is 53.8 Å². The summed E-state index contributed by atoms with van der Waals surface area (Å²) in [5, 5.41) is 17.6. The molecule has 0 radical (unpaired) electrons. The number of fused-ring (bicyclic) bond motifs is 1. The Hall–Kier alpha value is -2.20. The Balaban J connectivity index is 0.00000320. The van der Waals surface area contributed by atoms with Crippen molar-refractivity contribution in [2.75, 3.05) is 26.8 Å². The van der Waals surface area contributed by atoms with Gasteiger partial charge in [0.05, 0.1) is 19.2 Å². The molecule has 0 aliphatic rings. The highest BCUT2D eigenvalue weighted by Crippen LogP contribution is 2.23. The average molecular weight is 522 g/mol. The highest BCUT2D eigenvalue weighted by atomic mass is 127. The van der Waals surface area contributed by atoms with Crippen molar-refractivity contribution in [3.8, 4) is 0 Å². The van der Waals surface area contributed by atoms with Crippen LogP contribution in [0.25, 0.3) is 10.8 Å². The van der Waals surface area contributed by atoms with Crippen LogP contribution in [0.3, 0.4) is 0 Å². The number of halogens is 1. The monoisotopic (exact) mass is 522 g/mol. The molecule has 30 heavy (non-hydrogen) atoms. The fourth-order valence-electron chi connectivity index (χ4n) is 3.35. The maximum atomic E-state index is 5.15. The van der Waals surface area contributed by atoms with E-state index >= 15 is 0 Å². The summed E-state index contributed by atoms with van der Waals surface area (Å²) in [6.45, 7) is 6.93. The van der Waals surface area contributed by atoms with Crippen LogP contribution in [0.5, 0.6) is 0 Å². The molecule has 1 heterocycles. The van der Waals surface area contributed by atoms with Crippen molar-refractivity contribution in [2.45, 2.75) is 32.9 Å². The fourth-order valence-corrected chi connectivity index (χ4v) is 3.35. The predicted octanol–water partition coefficient (Wildman–Crippen LogP) is 3.55. The Kier molecular flexibility index (Phi) is 10.0. The zero-order chi connectivity index (χ0) is 20.5. The van der Waals surface area contributed by atoms with Crippen LogP contribution in [0.1, 0.15) is 31.3 Å². The lowest BCUT2D eigenvalue weighted by atomic mass is 10.00. The molecule has 2 N–H and O–H groups in total. The van der Waals surface area contributed by atoms with Crippen molar-refractivity contribution in [3.05, 3.63) is 60.2 Å². The van der Waals surface area contributed by atoms with E-state index in [0.717, 1.165) is 31.3 Å². The van der Waals surface area contributed by atoms with Gasteiger partial charge in [0.1, 0.15) is 12.2 Å². The van der Waals surface area contributed by atoms with Gasteiger partial charge in [-0.2, -0.15) is 0 Å². The van der Waals surface area contributed by atoms with Crippen molar-refractivity contribution in [2.24, 2.45) is 4.99 Å². The van der Waals surface area contributed by atoms with Gasteiger partial charge in [0, 0.05) is 26.6 Å². The highest BCUT2D eigenvalue weighted by Gasteiger charge is 2.11. The summed E-state index contributed by atoms with van der Waals surface area (Å²) < 4.78 is 7.21. The number of aromatic nitrogens is 3. The van der Waals surface area contributed by atoms with Gasteiger partial charge in [-0.15, -0.1) is 34.2 Å². The predicted molar refractivity (Wildman–Crippen MR) is 132 cm³/mol. The van der Waals surface area contributed by atoms with Crippen LogP contribution < -0.4 is 10.6 Å². The third-order valence-electron chi connectivity index (χ3n) is 4.87. The van der Waals surface area contributed by atoms with Crippen LogP contribution in [0.4, 0.5) is 0 Å². The standard InChI is InChI=1S/C22H30N6O.HI/c1-4-21-27-25-16-28(21)14-12-23-22(24-13-15-29-3)26-17(2)19-11-7-9-18-8-5-6-10-20(18)19;/h5-11,16-17H,4,12-15H2,1-3H3,(H2,23,24,26);1H. The van der Waals surface area contributed by atoms with E-state index < -0.39 is 0 Å². The Morgan fingerprint density at radius 1 is 1.20 bits per heavy atom. The van der Waals surface area contributed by atoms with Crippen LogP contribution in [0.2, 0.25) is 0 Å². The van der Waals surface area contributed by atoms with Crippen LogP contribution in [0, 0.1) is 0 Å². The smallest absolute Gasteiger partial charge is 0.191 e. The molecule has 1 unspecified atom stereocenters. The third-order valence-corrected chi connectivity index (χ3v) is 4.87. The molecule has 8 heteroatoms. The molecule has 0 fully saturated rings. The van der Waals surface area contributed by atoms with Gasteiger partial charge in [-0.25, -0.2) is 0 Å². The molecule has 3 rings (SSSR count). The van der Waals surface area contributed by atoms with E-state index in [0.29, 0.717) is 13.2 Å². The van der Waals surface area contributed by atoms with E-state index in [9.17, 15) is 0 Å². The average Bonchev–Trinajstić information content (AvgIpc) is 3.20. The van der Waals surface area contributed by atoms with E-state index in [1.54, 1.807) is 13.4 Å². The molecule has 0 saturated heterocycles. The lowest BCUT2D eigenvalue weighted by Crippen LogP contribution is -2.40. The van der Waals surface area contributed by atoms with Gasteiger partial charge in [-0.1, -0.05) is 49.4 Å². The molecular formula is C22H31IN6O. The summed E-state index contributed by atoms with van der Waals surface area (Å²) in [5.74, 6) is 1.76. The second-order valence-corrected chi connectivity index (χ2v) is 6.88. The zero-order valence-corrected chi connectivity index (χ0v) is 20.2. The number of aryl methyl sites for hydroxylation is 1. The Labute approximate surface area is 195 Å². The minimum absolute atomic E-state index is 0. The Morgan fingerprint density at radius 2 is 2.00 bits per heavy atom. The van der Waals surface area contributed by atoms with Crippen molar-refractivity contribution in [1.82, 2.24) is 25.4 Å². The minimum atomic E-state index is 0.